The molecule has 0 radical (unpaired) electrons. The normalized spacial score (nSPS) is 12.8. The van der Waals surface area contributed by atoms with E-state index in [4.69, 9.17) is 0 Å². The van der Waals surface area contributed by atoms with Gasteiger partial charge in [0, 0.05) is 18.5 Å². The molecule has 16 heavy (non-hydrogen) atoms. The van der Waals surface area contributed by atoms with E-state index in [0.717, 1.165) is 5.69 Å². The molecule has 2 N–H and O–H groups in total. The summed E-state index contributed by atoms with van der Waals surface area (Å²) in [5.74, 6) is 0.496. The molecule has 0 fully saturated rings. The molecule has 0 aliphatic rings. The van der Waals surface area contributed by atoms with Crippen LogP contribution in [0, 0.1) is 5.92 Å². The summed E-state index contributed by atoms with van der Waals surface area (Å²) in [5, 5.41) is 11.7. The average Bonchev–Trinajstić information content (AvgIpc) is 2.75. The van der Waals surface area contributed by atoms with Crippen molar-refractivity contribution in [3.63, 3.8) is 0 Å². The van der Waals surface area contributed by atoms with Crippen LogP contribution in [0.15, 0.2) is 5.38 Å². The summed E-state index contributed by atoms with van der Waals surface area (Å²) < 4.78 is 3.76. The Bertz CT molecular complexity index is 313. The molecule has 1 aromatic rings. The second kappa shape index (κ2) is 6.55. The van der Waals surface area contributed by atoms with Crippen LogP contribution in [-0.4, -0.2) is 28.1 Å². The fourth-order valence-electron chi connectivity index (χ4n) is 1.07. The Balaban J connectivity index is 2.23. The maximum absolute atomic E-state index is 11.6. The zero-order valence-corrected chi connectivity index (χ0v) is 10.7. The van der Waals surface area contributed by atoms with Crippen molar-refractivity contribution in [1.82, 2.24) is 20.2 Å². The predicted octanol–water partition coefficient (Wildman–Crippen LogP) is 0.788. The summed E-state index contributed by atoms with van der Waals surface area (Å²) >= 11 is 1.31. The third-order valence-electron chi connectivity index (χ3n) is 2.07. The van der Waals surface area contributed by atoms with Gasteiger partial charge < -0.3 is 10.6 Å². The van der Waals surface area contributed by atoms with Gasteiger partial charge >= 0.3 is 0 Å². The first-order valence-electron chi connectivity index (χ1n) is 5.36. The Morgan fingerprint density at radius 1 is 1.50 bits per heavy atom. The van der Waals surface area contributed by atoms with E-state index in [9.17, 15) is 4.79 Å². The quantitative estimate of drug-likeness (QED) is 0.774. The molecular weight excluding hydrogens is 224 g/mol. The first-order valence-corrected chi connectivity index (χ1v) is 6.20. The van der Waals surface area contributed by atoms with Gasteiger partial charge in [0.2, 0.25) is 5.91 Å². The largest absolute Gasteiger partial charge is 0.354 e. The molecule has 0 saturated carbocycles. The highest BCUT2D eigenvalue weighted by Crippen LogP contribution is 1.97. The van der Waals surface area contributed by atoms with Crippen molar-refractivity contribution in [1.29, 1.82) is 0 Å². The molecule has 5 nitrogen and oxygen atoms in total. The first-order chi connectivity index (χ1) is 7.59. The zero-order valence-electron chi connectivity index (χ0n) is 9.86. The van der Waals surface area contributed by atoms with E-state index in [1.165, 1.54) is 11.5 Å². The van der Waals surface area contributed by atoms with Gasteiger partial charge in [-0.25, -0.2) is 0 Å². The Morgan fingerprint density at radius 2 is 2.25 bits per heavy atom. The minimum Gasteiger partial charge on any atom is -0.354 e. The summed E-state index contributed by atoms with van der Waals surface area (Å²) in [4.78, 5) is 11.6. The molecule has 1 rings (SSSR count). The molecule has 0 aliphatic heterocycles. The number of nitrogens with one attached hydrogen (secondary N) is 2. The van der Waals surface area contributed by atoms with E-state index in [1.807, 2.05) is 12.3 Å². The zero-order chi connectivity index (χ0) is 12.0. The molecule has 1 atom stereocenters. The van der Waals surface area contributed by atoms with Crippen LogP contribution in [0.3, 0.4) is 0 Å². The molecule has 1 unspecified atom stereocenters. The average molecular weight is 242 g/mol. The fourth-order valence-corrected chi connectivity index (χ4v) is 1.52. The fraction of sp³-hybridized carbons (Fsp3) is 0.700. The van der Waals surface area contributed by atoms with E-state index in [0.29, 0.717) is 19.0 Å². The Morgan fingerprint density at radius 3 is 2.81 bits per heavy atom. The number of nitrogens with zero attached hydrogens (tertiary/aromatic N) is 2. The molecule has 6 heteroatoms. The highest BCUT2D eigenvalue weighted by atomic mass is 32.1. The summed E-state index contributed by atoms with van der Waals surface area (Å²) in [6.07, 6.45) is 0. The lowest BCUT2D eigenvalue weighted by molar-refractivity contribution is -0.122. The summed E-state index contributed by atoms with van der Waals surface area (Å²) in [6, 6.07) is -0.208. The van der Waals surface area contributed by atoms with Crippen LogP contribution in [0.5, 0.6) is 0 Å². The van der Waals surface area contributed by atoms with Gasteiger partial charge in [-0.15, -0.1) is 5.10 Å². The van der Waals surface area contributed by atoms with Crippen LogP contribution in [0.2, 0.25) is 0 Å². The molecule has 0 aromatic carbocycles. The van der Waals surface area contributed by atoms with Crippen LogP contribution >= 0.6 is 11.5 Å². The Hall–Kier alpha value is -1.01. The van der Waals surface area contributed by atoms with Crippen LogP contribution in [0.25, 0.3) is 0 Å². The smallest absolute Gasteiger partial charge is 0.236 e. The van der Waals surface area contributed by atoms with Crippen LogP contribution in [0.1, 0.15) is 26.5 Å². The highest BCUT2D eigenvalue weighted by molar-refractivity contribution is 7.03. The molecule has 0 spiro atoms. The number of carbonyl (C=O) groups excluding carboxylic acids is 1. The summed E-state index contributed by atoms with van der Waals surface area (Å²) in [5.41, 5.74) is 0.869. The minimum absolute atomic E-state index is 0.0249. The summed E-state index contributed by atoms with van der Waals surface area (Å²) in [7, 11) is 0. The maximum atomic E-state index is 11.6. The second-order valence-electron chi connectivity index (χ2n) is 4.14. The van der Waals surface area contributed by atoms with E-state index >= 15 is 0 Å². The molecule has 0 aliphatic carbocycles. The van der Waals surface area contributed by atoms with Crippen LogP contribution < -0.4 is 10.6 Å². The number of rotatable bonds is 6. The van der Waals surface area contributed by atoms with Gasteiger partial charge in [0.05, 0.1) is 11.7 Å². The molecule has 1 amide bonds. The van der Waals surface area contributed by atoms with Crippen molar-refractivity contribution >= 4 is 17.4 Å². The maximum Gasteiger partial charge on any atom is 0.236 e. The van der Waals surface area contributed by atoms with E-state index in [1.54, 1.807) is 0 Å². The van der Waals surface area contributed by atoms with Crippen LogP contribution in [0.4, 0.5) is 0 Å². The van der Waals surface area contributed by atoms with Crippen molar-refractivity contribution in [2.45, 2.75) is 33.4 Å². The van der Waals surface area contributed by atoms with Gasteiger partial charge in [-0.05, 0) is 24.4 Å². The number of amides is 1. The van der Waals surface area contributed by atoms with Crippen LogP contribution in [-0.2, 0) is 11.3 Å². The molecule has 1 aromatic heterocycles. The van der Waals surface area contributed by atoms with Crippen molar-refractivity contribution in [3.8, 4) is 0 Å². The lowest BCUT2D eigenvalue weighted by Gasteiger charge is -2.14. The Kier molecular flexibility index (Phi) is 5.34. The van der Waals surface area contributed by atoms with Gasteiger partial charge in [-0.3, -0.25) is 4.79 Å². The van der Waals surface area contributed by atoms with E-state index in [-0.39, 0.29) is 11.9 Å². The van der Waals surface area contributed by atoms with Gasteiger partial charge in [-0.2, -0.15) is 0 Å². The standard InChI is InChI=1S/C10H18N4OS/c1-7(2)4-12-10(15)8(3)11-5-9-6-16-14-13-9/h6-8,11H,4-5H2,1-3H3,(H,12,15). The van der Waals surface area contributed by atoms with Crippen molar-refractivity contribution in [2.75, 3.05) is 6.54 Å². The molecule has 1 heterocycles. The Labute approximate surface area is 99.8 Å². The first kappa shape index (κ1) is 13.1. The van der Waals surface area contributed by atoms with Crippen molar-refractivity contribution < 1.29 is 4.79 Å². The molecule has 90 valence electrons. The van der Waals surface area contributed by atoms with E-state index in [2.05, 4.69) is 34.1 Å². The second-order valence-corrected chi connectivity index (χ2v) is 4.75. The van der Waals surface area contributed by atoms with Crippen molar-refractivity contribution in [3.05, 3.63) is 11.1 Å². The molecule has 0 saturated heterocycles. The SMILES string of the molecule is CC(C)CNC(=O)C(C)NCc1csnn1. The monoisotopic (exact) mass is 242 g/mol. The lowest BCUT2D eigenvalue weighted by atomic mass is 10.2. The molecule has 0 bridgehead atoms. The van der Waals surface area contributed by atoms with Crippen molar-refractivity contribution in [2.24, 2.45) is 5.92 Å². The number of aromatic nitrogens is 2. The van der Waals surface area contributed by atoms with E-state index < -0.39 is 0 Å². The third kappa shape index (κ3) is 4.67. The lowest BCUT2D eigenvalue weighted by Crippen LogP contribution is -2.43. The number of hydrogen-bond acceptors (Lipinski definition) is 5. The minimum atomic E-state index is -0.208. The summed E-state index contributed by atoms with van der Waals surface area (Å²) in [6.45, 7) is 7.27. The number of carbonyl (C=O) groups is 1. The van der Waals surface area contributed by atoms with Gasteiger partial charge in [-0.1, -0.05) is 18.3 Å². The topological polar surface area (TPSA) is 66.9 Å². The molecular formula is C10H18N4OS. The highest BCUT2D eigenvalue weighted by Gasteiger charge is 2.12. The third-order valence-corrected chi connectivity index (χ3v) is 2.63. The number of hydrogen-bond donors (Lipinski definition) is 2. The van der Waals surface area contributed by atoms with Gasteiger partial charge in [0.25, 0.3) is 0 Å². The van der Waals surface area contributed by atoms with Gasteiger partial charge in [0.15, 0.2) is 0 Å². The van der Waals surface area contributed by atoms with Gasteiger partial charge in [0.1, 0.15) is 0 Å². The predicted molar refractivity (Wildman–Crippen MR) is 64.1 cm³/mol.